The van der Waals surface area contributed by atoms with E-state index >= 15 is 0 Å². The molecule has 13 heteroatoms. The van der Waals surface area contributed by atoms with Gasteiger partial charge in [0.05, 0.1) is 83.9 Å². The van der Waals surface area contributed by atoms with Gasteiger partial charge < -0.3 is 20.1 Å². The van der Waals surface area contributed by atoms with Gasteiger partial charge in [-0.25, -0.2) is 14.8 Å². The summed E-state index contributed by atoms with van der Waals surface area (Å²) < 4.78 is 52.7. The predicted molar refractivity (Wildman–Crippen MR) is 159 cm³/mol. The minimum absolute atomic E-state index is 0.0798. The molecular weight excluding hydrogens is 587 g/mol. The number of anilines is 2. The largest absolute Gasteiger partial charge is 0.449 e. The Hall–Kier alpha value is -4.72. The standard InChI is InChI=1S/C32H32F3N7O3/c1-3-25-29(38)28(23-15-22(32(33,34)35)5-6-26(23)42(25)31(43)45-4-2)30-39-18-27(41-7-9-44-10-8-41)24(40-30)14-19-11-20(16-36)13-21(12-19)17-37/h5-6,11-13,15,18,25,28-29H,3-4,7-10,14,38H2,1-2H3. The van der Waals surface area contributed by atoms with Crippen LogP contribution in [-0.4, -0.2) is 61.1 Å². The Balaban J connectivity index is 1.68. The average molecular weight is 620 g/mol. The zero-order chi connectivity index (χ0) is 32.3. The Morgan fingerprint density at radius 3 is 2.38 bits per heavy atom. The Morgan fingerprint density at radius 1 is 1.09 bits per heavy atom. The Kier molecular flexibility index (Phi) is 9.23. The maximum Gasteiger partial charge on any atom is 0.416 e. The average Bonchev–Trinajstić information content (AvgIpc) is 3.03. The van der Waals surface area contributed by atoms with Gasteiger partial charge in [-0.15, -0.1) is 0 Å². The first-order valence-corrected chi connectivity index (χ1v) is 14.6. The van der Waals surface area contributed by atoms with E-state index in [0.717, 1.165) is 12.1 Å². The summed E-state index contributed by atoms with van der Waals surface area (Å²) in [5.74, 6) is -0.690. The van der Waals surface area contributed by atoms with Crippen LogP contribution in [0.1, 0.15) is 65.5 Å². The smallest absolute Gasteiger partial charge is 0.416 e. The molecule has 10 nitrogen and oxygen atoms in total. The molecular formula is C32H32F3N7O3. The van der Waals surface area contributed by atoms with Crippen molar-refractivity contribution < 1.29 is 27.4 Å². The highest BCUT2D eigenvalue weighted by molar-refractivity contribution is 5.91. The number of hydrogen-bond acceptors (Lipinski definition) is 9. The van der Waals surface area contributed by atoms with Crippen LogP contribution in [0.2, 0.25) is 0 Å². The molecule has 0 spiro atoms. The number of halogens is 3. The van der Waals surface area contributed by atoms with Crippen molar-refractivity contribution in [3.8, 4) is 12.1 Å². The third-order valence-corrected chi connectivity index (χ3v) is 8.11. The number of amides is 1. The molecule has 2 aromatic carbocycles. The molecule has 1 amide bonds. The van der Waals surface area contributed by atoms with Gasteiger partial charge >= 0.3 is 12.3 Å². The van der Waals surface area contributed by atoms with Gasteiger partial charge in [0.2, 0.25) is 0 Å². The fourth-order valence-electron chi connectivity index (χ4n) is 6.06. The molecule has 0 aliphatic carbocycles. The number of carbonyl (C=O) groups is 1. The van der Waals surface area contributed by atoms with Crippen LogP contribution >= 0.6 is 0 Å². The van der Waals surface area contributed by atoms with Crippen molar-refractivity contribution in [2.24, 2.45) is 5.73 Å². The molecule has 2 N–H and O–H groups in total. The molecule has 234 valence electrons. The molecule has 3 heterocycles. The van der Waals surface area contributed by atoms with Gasteiger partial charge in [-0.05, 0) is 60.9 Å². The molecule has 2 aliphatic heterocycles. The summed E-state index contributed by atoms with van der Waals surface area (Å²) in [4.78, 5) is 26.1. The van der Waals surface area contributed by atoms with E-state index < -0.39 is 35.8 Å². The second-order valence-electron chi connectivity index (χ2n) is 10.8. The monoisotopic (exact) mass is 619 g/mol. The van der Waals surface area contributed by atoms with Gasteiger partial charge in [-0.2, -0.15) is 23.7 Å². The quantitative estimate of drug-likeness (QED) is 0.409. The predicted octanol–water partition coefficient (Wildman–Crippen LogP) is 4.88. The van der Waals surface area contributed by atoms with E-state index in [2.05, 4.69) is 22.0 Å². The fourth-order valence-corrected chi connectivity index (χ4v) is 6.06. The first kappa shape index (κ1) is 31.7. The van der Waals surface area contributed by atoms with Gasteiger partial charge in [0.15, 0.2) is 0 Å². The molecule has 5 rings (SSSR count). The molecule has 3 atom stereocenters. The van der Waals surface area contributed by atoms with Crippen LogP contribution in [0.4, 0.5) is 29.3 Å². The molecule has 1 fully saturated rings. The lowest BCUT2D eigenvalue weighted by atomic mass is 9.79. The van der Waals surface area contributed by atoms with Gasteiger partial charge in [-0.3, -0.25) is 4.90 Å². The number of ether oxygens (including phenoxy) is 2. The summed E-state index contributed by atoms with van der Waals surface area (Å²) in [6, 6.07) is 10.7. The van der Waals surface area contributed by atoms with E-state index in [9.17, 15) is 28.5 Å². The van der Waals surface area contributed by atoms with Crippen LogP contribution in [0.25, 0.3) is 0 Å². The van der Waals surface area contributed by atoms with E-state index in [-0.39, 0.29) is 30.1 Å². The van der Waals surface area contributed by atoms with Crippen molar-refractivity contribution in [2.75, 3.05) is 42.7 Å². The van der Waals surface area contributed by atoms with E-state index in [1.165, 1.54) is 17.0 Å². The van der Waals surface area contributed by atoms with Crippen molar-refractivity contribution in [1.82, 2.24) is 9.97 Å². The van der Waals surface area contributed by atoms with Gasteiger partial charge in [0.25, 0.3) is 0 Å². The molecule has 3 aromatic rings. The molecule has 2 aliphatic rings. The van der Waals surface area contributed by atoms with Crippen LogP contribution in [0, 0.1) is 22.7 Å². The highest BCUT2D eigenvalue weighted by Crippen LogP contribution is 2.44. The summed E-state index contributed by atoms with van der Waals surface area (Å²) in [6.07, 6.45) is -3.09. The number of fused-ring (bicyclic) bond motifs is 1. The Bertz CT molecular complexity index is 1630. The number of nitriles is 2. The lowest BCUT2D eigenvalue weighted by Gasteiger charge is -2.44. The van der Waals surface area contributed by atoms with Crippen molar-refractivity contribution >= 4 is 17.5 Å². The van der Waals surface area contributed by atoms with Crippen molar-refractivity contribution in [3.05, 3.63) is 81.9 Å². The number of alkyl halides is 3. The van der Waals surface area contributed by atoms with Crippen LogP contribution in [0.15, 0.2) is 42.6 Å². The number of aromatic nitrogens is 2. The number of rotatable bonds is 6. The summed E-state index contributed by atoms with van der Waals surface area (Å²) >= 11 is 0. The van der Waals surface area contributed by atoms with Crippen molar-refractivity contribution in [2.45, 2.75) is 50.9 Å². The van der Waals surface area contributed by atoms with Crippen molar-refractivity contribution in [3.63, 3.8) is 0 Å². The maximum absolute atomic E-state index is 14.0. The number of hydrogen-bond donors (Lipinski definition) is 1. The first-order valence-electron chi connectivity index (χ1n) is 14.6. The topological polar surface area (TPSA) is 141 Å². The SMILES string of the molecule is CCOC(=O)N1c2ccc(C(F)(F)F)cc2C(c2ncc(N3CCOCC3)c(Cc3cc(C#N)cc(C#N)c3)n2)C(N)C1CC. The van der Waals surface area contributed by atoms with E-state index in [1.54, 1.807) is 25.3 Å². The number of nitrogens with two attached hydrogens (primary N) is 1. The van der Waals surface area contributed by atoms with Crippen molar-refractivity contribution in [1.29, 1.82) is 10.5 Å². The maximum atomic E-state index is 14.0. The molecule has 45 heavy (non-hydrogen) atoms. The Morgan fingerprint density at radius 2 is 1.78 bits per heavy atom. The van der Waals surface area contributed by atoms with Gasteiger partial charge in [0, 0.05) is 25.6 Å². The second-order valence-corrected chi connectivity index (χ2v) is 10.8. The summed E-state index contributed by atoms with van der Waals surface area (Å²) in [5, 5.41) is 19.1. The molecule has 0 saturated carbocycles. The molecule has 1 aromatic heterocycles. The highest BCUT2D eigenvalue weighted by Gasteiger charge is 2.45. The zero-order valence-corrected chi connectivity index (χ0v) is 24.8. The van der Waals surface area contributed by atoms with E-state index in [4.69, 9.17) is 20.2 Å². The van der Waals surface area contributed by atoms with Crippen LogP contribution < -0.4 is 15.5 Å². The molecule has 1 saturated heterocycles. The lowest BCUT2D eigenvalue weighted by Crippen LogP contribution is -2.57. The Labute approximate surface area is 258 Å². The van der Waals surface area contributed by atoms with Crippen LogP contribution in [0.3, 0.4) is 0 Å². The van der Waals surface area contributed by atoms with Crippen LogP contribution in [0.5, 0.6) is 0 Å². The first-order chi connectivity index (χ1) is 21.6. The molecule has 0 radical (unpaired) electrons. The highest BCUT2D eigenvalue weighted by atomic mass is 19.4. The van der Waals surface area contributed by atoms with Gasteiger partial charge in [0.1, 0.15) is 5.82 Å². The van der Waals surface area contributed by atoms with E-state index in [0.29, 0.717) is 60.8 Å². The summed E-state index contributed by atoms with van der Waals surface area (Å²) in [7, 11) is 0. The molecule has 0 bridgehead atoms. The number of carbonyl (C=O) groups excluding carboxylic acids is 1. The van der Waals surface area contributed by atoms with E-state index in [1.807, 2.05) is 6.92 Å². The summed E-state index contributed by atoms with van der Waals surface area (Å²) in [5.41, 5.74) is 8.91. The number of morpholine rings is 1. The minimum Gasteiger partial charge on any atom is -0.449 e. The number of benzene rings is 2. The summed E-state index contributed by atoms with van der Waals surface area (Å²) in [6.45, 7) is 5.70. The zero-order valence-electron chi connectivity index (χ0n) is 24.8. The fraction of sp³-hybridized carbons (Fsp3) is 0.406. The third kappa shape index (κ3) is 6.41. The normalized spacial score (nSPS) is 19.8. The van der Waals surface area contributed by atoms with Crippen LogP contribution in [-0.2, 0) is 22.1 Å². The minimum atomic E-state index is -4.64. The lowest BCUT2D eigenvalue weighted by molar-refractivity contribution is -0.137. The van der Waals surface area contributed by atoms with Gasteiger partial charge in [-0.1, -0.05) is 6.92 Å². The second kappa shape index (κ2) is 13.1. The molecule has 3 unspecified atom stereocenters. The third-order valence-electron chi connectivity index (χ3n) is 8.11. The number of nitrogens with zero attached hydrogens (tertiary/aromatic N) is 6.